The average Bonchev–Trinajstić information content (AvgIpc) is 2.89. The smallest absolute Gasteiger partial charge is 0.306 e. The van der Waals surface area contributed by atoms with Gasteiger partial charge in [-0.15, -0.1) is 0 Å². The van der Waals surface area contributed by atoms with E-state index < -0.39 is 0 Å². The third-order valence-corrected chi connectivity index (χ3v) is 5.44. The van der Waals surface area contributed by atoms with E-state index in [1.54, 1.807) is 25.1 Å². The zero-order valence-electron chi connectivity index (χ0n) is 18.9. The fraction of sp³-hybridized carbons (Fsp3) is 0.360. The predicted octanol–water partition coefficient (Wildman–Crippen LogP) is 3.56. The molecule has 2 aromatic rings. The van der Waals surface area contributed by atoms with Crippen LogP contribution in [0.3, 0.4) is 0 Å². The summed E-state index contributed by atoms with van der Waals surface area (Å²) in [4.78, 5) is 50.5. The van der Waals surface area contributed by atoms with Crippen molar-refractivity contribution in [2.24, 2.45) is 0 Å². The number of nitrogens with one attached hydrogen (secondary N) is 2. The molecule has 0 spiro atoms. The van der Waals surface area contributed by atoms with E-state index in [2.05, 4.69) is 10.6 Å². The van der Waals surface area contributed by atoms with Crippen molar-refractivity contribution in [3.8, 4) is 0 Å². The van der Waals surface area contributed by atoms with Crippen molar-refractivity contribution in [2.45, 2.75) is 39.0 Å². The Bertz CT molecular complexity index is 1020. The van der Waals surface area contributed by atoms with Gasteiger partial charge < -0.3 is 20.3 Å². The van der Waals surface area contributed by atoms with Gasteiger partial charge in [-0.05, 0) is 49.4 Å². The zero-order chi connectivity index (χ0) is 23.8. The van der Waals surface area contributed by atoms with Gasteiger partial charge in [0.2, 0.25) is 11.8 Å². The van der Waals surface area contributed by atoms with Gasteiger partial charge in [-0.2, -0.15) is 0 Å². The highest BCUT2D eigenvalue weighted by molar-refractivity contribution is 6.09. The molecule has 1 atom stereocenters. The molecule has 2 N–H and O–H groups in total. The Labute approximate surface area is 193 Å². The summed E-state index contributed by atoms with van der Waals surface area (Å²) in [6.07, 6.45) is 1.53. The molecule has 1 aliphatic rings. The number of ether oxygens (including phenoxy) is 1. The Morgan fingerprint density at radius 3 is 2.61 bits per heavy atom. The minimum atomic E-state index is -0.280. The van der Waals surface area contributed by atoms with Gasteiger partial charge in [0.1, 0.15) is 6.54 Å². The van der Waals surface area contributed by atoms with Crippen LogP contribution in [0.4, 0.5) is 11.4 Å². The van der Waals surface area contributed by atoms with Gasteiger partial charge in [-0.1, -0.05) is 30.3 Å². The average molecular weight is 452 g/mol. The first-order chi connectivity index (χ1) is 15.9. The number of carbonyl (C=O) groups excluding carboxylic acids is 4. The summed E-state index contributed by atoms with van der Waals surface area (Å²) >= 11 is 0. The number of hydrogen-bond acceptors (Lipinski definition) is 5. The molecule has 1 heterocycles. The molecule has 33 heavy (non-hydrogen) atoms. The highest BCUT2D eigenvalue weighted by Gasteiger charge is 2.27. The van der Waals surface area contributed by atoms with Crippen LogP contribution >= 0.6 is 0 Å². The van der Waals surface area contributed by atoms with E-state index in [0.717, 1.165) is 5.56 Å². The maximum Gasteiger partial charge on any atom is 0.306 e. The van der Waals surface area contributed by atoms with Crippen LogP contribution in [0.5, 0.6) is 0 Å². The van der Waals surface area contributed by atoms with Crippen molar-refractivity contribution in [1.29, 1.82) is 0 Å². The SMILES string of the molecule is CCOC(=O)C[C@@H](CCCN1CC(=O)Nc2ccc(NC(C)=O)cc2C1=O)c1ccccc1. The largest absolute Gasteiger partial charge is 0.466 e. The van der Waals surface area contributed by atoms with Gasteiger partial charge in [0.05, 0.1) is 24.3 Å². The maximum atomic E-state index is 13.2. The first-order valence-corrected chi connectivity index (χ1v) is 11.1. The van der Waals surface area contributed by atoms with Crippen LogP contribution in [0.15, 0.2) is 48.5 Å². The zero-order valence-corrected chi connectivity index (χ0v) is 18.9. The molecule has 8 nitrogen and oxygen atoms in total. The summed E-state index contributed by atoms with van der Waals surface area (Å²) in [7, 11) is 0. The first-order valence-electron chi connectivity index (χ1n) is 11.1. The fourth-order valence-electron chi connectivity index (χ4n) is 3.96. The van der Waals surface area contributed by atoms with Gasteiger partial charge in [-0.25, -0.2) is 0 Å². The van der Waals surface area contributed by atoms with Gasteiger partial charge >= 0.3 is 5.97 Å². The molecule has 0 aliphatic carbocycles. The minimum absolute atomic E-state index is 0.0418. The van der Waals surface area contributed by atoms with Crippen LogP contribution < -0.4 is 10.6 Å². The topological polar surface area (TPSA) is 105 Å². The monoisotopic (exact) mass is 451 g/mol. The molecule has 2 aromatic carbocycles. The minimum Gasteiger partial charge on any atom is -0.466 e. The lowest BCUT2D eigenvalue weighted by Crippen LogP contribution is -2.36. The third kappa shape index (κ3) is 6.65. The first kappa shape index (κ1) is 24.0. The summed E-state index contributed by atoms with van der Waals surface area (Å²) in [5, 5.41) is 5.41. The van der Waals surface area contributed by atoms with E-state index in [1.165, 1.54) is 11.8 Å². The van der Waals surface area contributed by atoms with Crippen molar-refractivity contribution in [1.82, 2.24) is 4.90 Å². The van der Waals surface area contributed by atoms with Crippen LogP contribution in [0.25, 0.3) is 0 Å². The molecule has 0 saturated heterocycles. The Morgan fingerprint density at radius 1 is 1.15 bits per heavy atom. The Hall–Kier alpha value is -3.68. The number of fused-ring (bicyclic) bond motifs is 1. The quantitative estimate of drug-likeness (QED) is 0.567. The second-order valence-corrected chi connectivity index (χ2v) is 7.98. The van der Waals surface area contributed by atoms with Crippen molar-refractivity contribution in [2.75, 3.05) is 30.3 Å². The lowest BCUT2D eigenvalue weighted by atomic mass is 9.91. The van der Waals surface area contributed by atoms with Gasteiger partial charge in [0, 0.05) is 19.2 Å². The van der Waals surface area contributed by atoms with E-state index in [1.807, 2.05) is 30.3 Å². The number of anilines is 2. The number of rotatable bonds is 9. The summed E-state index contributed by atoms with van der Waals surface area (Å²) in [6.45, 7) is 3.80. The third-order valence-electron chi connectivity index (χ3n) is 5.44. The molecule has 0 fully saturated rings. The lowest BCUT2D eigenvalue weighted by molar-refractivity contribution is -0.143. The van der Waals surface area contributed by atoms with Crippen molar-refractivity contribution < 1.29 is 23.9 Å². The van der Waals surface area contributed by atoms with Crippen LogP contribution in [-0.4, -0.2) is 48.3 Å². The molecule has 3 amide bonds. The number of nitrogens with zero attached hydrogens (tertiary/aromatic N) is 1. The molecule has 174 valence electrons. The number of carbonyl (C=O) groups is 4. The van der Waals surface area contributed by atoms with Gasteiger partial charge in [-0.3, -0.25) is 19.2 Å². The Kier molecular flexibility index (Phi) is 8.18. The molecule has 0 radical (unpaired) electrons. The molecule has 0 bridgehead atoms. The maximum absolute atomic E-state index is 13.2. The molecule has 8 heteroatoms. The van der Waals surface area contributed by atoms with E-state index >= 15 is 0 Å². The molecule has 0 aromatic heterocycles. The van der Waals surface area contributed by atoms with E-state index in [9.17, 15) is 19.2 Å². The summed E-state index contributed by atoms with van der Waals surface area (Å²) in [5.41, 5.74) is 2.28. The van der Waals surface area contributed by atoms with Crippen molar-refractivity contribution in [3.05, 3.63) is 59.7 Å². The molecular formula is C25H29N3O5. The predicted molar refractivity (Wildman–Crippen MR) is 125 cm³/mol. The van der Waals surface area contributed by atoms with Gasteiger partial charge in [0.15, 0.2) is 0 Å². The Morgan fingerprint density at radius 2 is 1.91 bits per heavy atom. The number of benzene rings is 2. The second kappa shape index (κ2) is 11.3. The molecule has 3 rings (SSSR count). The van der Waals surface area contributed by atoms with Crippen LogP contribution in [0.2, 0.25) is 0 Å². The van der Waals surface area contributed by atoms with Crippen molar-refractivity contribution >= 4 is 35.1 Å². The fourth-order valence-corrected chi connectivity index (χ4v) is 3.96. The lowest BCUT2D eigenvalue weighted by Gasteiger charge is -2.22. The number of esters is 1. The molecule has 0 saturated carbocycles. The molecule has 1 aliphatic heterocycles. The second-order valence-electron chi connectivity index (χ2n) is 7.98. The van der Waals surface area contributed by atoms with Crippen LogP contribution in [0.1, 0.15) is 54.9 Å². The van der Waals surface area contributed by atoms with Crippen LogP contribution in [0, 0.1) is 0 Å². The van der Waals surface area contributed by atoms with E-state index in [4.69, 9.17) is 4.74 Å². The highest BCUT2D eigenvalue weighted by atomic mass is 16.5. The molecular weight excluding hydrogens is 422 g/mol. The number of amides is 3. The molecule has 0 unspecified atom stereocenters. The van der Waals surface area contributed by atoms with E-state index in [0.29, 0.717) is 42.9 Å². The van der Waals surface area contributed by atoms with Gasteiger partial charge in [0.25, 0.3) is 5.91 Å². The van der Waals surface area contributed by atoms with Crippen LogP contribution in [-0.2, 0) is 19.1 Å². The van der Waals surface area contributed by atoms with E-state index in [-0.39, 0.29) is 42.6 Å². The van der Waals surface area contributed by atoms with Crippen molar-refractivity contribution in [3.63, 3.8) is 0 Å². The summed E-state index contributed by atoms with van der Waals surface area (Å²) < 4.78 is 5.13. The summed E-state index contributed by atoms with van der Waals surface area (Å²) in [5.74, 6) is -1.10. The Balaban J connectivity index is 1.71. The normalized spacial score (nSPS) is 14.1. The number of hydrogen-bond donors (Lipinski definition) is 2. The standard InChI is InChI=1S/C25H29N3O5/c1-3-33-24(31)14-19(18-8-5-4-6-9-18)10-7-13-28-16-23(30)27-22-12-11-20(26-17(2)29)15-21(22)25(28)32/h4-6,8-9,11-12,15,19H,3,7,10,13-14,16H2,1-2H3,(H,26,29)(H,27,30)/t19-/m1/s1. The highest BCUT2D eigenvalue weighted by Crippen LogP contribution is 2.28. The summed E-state index contributed by atoms with van der Waals surface area (Å²) in [6, 6.07) is 14.6.